The monoisotopic (exact) mass is 191 g/mol. The van der Waals surface area contributed by atoms with Gasteiger partial charge in [0.1, 0.15) is 0 Å². The van der Waals surface area contributed by atoms with Gasteiger partial charge in [-0.05, 0) is 37.8 Å². The standard InChI is InChI=1S/C12H17NO/c1-3-14-8-10-6-11(10)12-5-4-9(2)7-13-12/h4-5,7,10-11H,3,6,8H2,1-2H3/t10?,11-/m1/s1. The van der Waals surface area contributed by atoms with Gasteiger partial charge in [0, 0.05) is 24.4 Å². The Hall–Kier alpha value is -0.890. The average Bonchev–Trinajstić information content (AvgIpc) is 2.95. The Morgan fingerprint density at radius 2 is 2.36 bits per heavy atom. The highest BCUT2D eigenvalue weighted by Gasteiger charge is 2.39. The van der Waals surface area contributed by atoms with Crippen molar-refractivity contribution < 1.29 is 4.74 Å². The van der Waals surface area contributed by atoms with Crippen molar-refractivity contribution in [3.05, 3.63) is 29.6 Å². The molecule has 0 amide bonds. The van der Waals surface area contributed by atoms with Gasteiger partial charge < -0.3 is 4.74 Å². The molecule has 0 N–H and O–H groups in total. The van der Waals surface area contributed by atoms with Gasteiger partial charge in [0.2, 0.25) is 0 Å². The Bertz CT molecular complexity index is 294. The van der Waals surface area contributed by atoms with E-state index in [1.54, 1.807) is 0 Å². The molecule has 0 bridgehead atoms. The molecule has 0 saturated heterocycles. The smallest absolute Gasteiger partial charge is 0.0500 e. The zero-order chi connectivity index (χ0) is 9.97. The Kier molecular flexibility index (Phi) is 2.82. The predicted molar refractivity (Wildman–Crippen MR) is 56.3 cm³/mol. The fourth-order valence-electron chi connectivity index (χ4n) is 1.76. The summed E-state index contributed by atoms with van der Waals surface area (Å²) in [6.45, 7) is 5.84. The van der Waals surface area contributed by atoms with Crippen molar-refractivity contribution in [1.82, 2.24) is 4.98 Å². The lowest BCUT2D eigenvalue weighted by atomic mass is 10.2. The first-order chi connectivity index (χ1) is 6.81. The van der Waals surface area contributed by atoms with Gasteiger partial charge in [-0.2, -0.15) is 0 Å². The second-order valence-electron chi connectivity index (χ2n) is 4.02. The second-order valence-corrected chi connectivity index (χ2v) is 4.02. The first-order valence-corrected chi connectivity index (χ1v) is 5.31. The molecule has 0 radical (unpaired) electrons. The van der Waals surface area contributed by atoms with Gasteiger partial charge in [-0.1, -0.05) is 6.07 Å². The second kappa shape index (κ2) is 4.09. The Balaban J connectivity index is 1.89. The molecule has 1 unspecified atom stereocenters. The van der Waals surface area contributed by atoms with Crippen molar-refractivity contribution in [3.8, 4) is 0 Å². The van der Waals surface area contributed by atoms with E-state index in [0.717, 1.165) is 13.2 Å². The van der Waals surface area contributed by atoms with Gasteiger partial charge in [-0.25, -0.2) is 0 Å². The summed E-state index contributed by atoms with van der Waals surface area (Å²) in [6.07, 6.45) is 3.20. The number of ether oxygens (including phenoxy) is 1. The molecule has 1 saturated carbocycles. The van der Waals surface area contributed by atoms with Crippen LogP contribution in [-0.2, 0) is 4.74 Å². The highest BCUT2D eigenvalue weighted by molar-refractivity contribution is 5.21. The molecular formula is C12H17NO. The van der Waals surface area contributed by atoms with Gasteiger partial charge in [0.25, 0.3) is 0 Å². The average molecular weight is 191 g/mol. The maximum atomic E-state index is 5.41. The highest BCUT2D eigenvalue weighted by Crippen LogP contribution is 2.46. The summed E-state index contributed by atoms with van der Waals surface area (Å²) in [4.78, 5) is 4.44. The Morgan fingerprint density at radius 3 is 3.00 bits per heavy atom. The third-order valence-electron chi connectivity index (χ3n) is 2.77. The van der Waals surface area contributed by atoms with E-state index in [2.05, 4.69) is 24.0 Å². The van der Waals surface area contributed by atoms with Crippen LogP contribution in [0.5, 0.6) is 0 Å². The molecule has 76 valence electrons. The molecule has 0 aliphatic heterocycles. The van der Waals surface area contributed by atoms with Gasteiger partial charge in [0.05, 0.1) is 6.61 Å². The molecule has 1 aliphatic rings. The quantitative estimate of drug-likeness (QED) is 0.729. The summed E-state index contributed by atoms with van der Waals surface area (Å²) in [5.41, 5.74) is 2.47. The summed E-state index contributed by atoms with van der Waals surface area (Å²) in [5, 5.41) is 0. The normalized spacial score (nSPS) is 25.0. The van der Waals surface area contributed by atoms with E-state index in [-0.39, 0.29) is 0 Å². The zero-order valence-corrected chi connectivity index (χ0v) is 8.86. The Labute approximate surface area is 85.3 Å². The van der Waals surface area contributed by atoms with Crippen LogP contribution in [0.1, 0.15) is 30.5 Å². The SMILES string of the molecule is CCOCC1C[C@H]1c1ccc(C)cn1. The van der Waals surface area contributed by atoms with E-state index in [4.69, 9.17) is 4.74 Å². The number of hydrogen-bond acceptors (Lipinski definition) is 2. The van der Waals surface area contributed by atoms with Crippen LogP contribution >= 0.6 is 0 Å². The molecule has 2 atom stereocenters. The van der Waals surface area contributed by atoms with Crippen molar-refractivity contribution in [3.63, 3.8) is 0 Å². The van der Waals surface area contributed by atoms with Crippen LogP contribution in [0.3, 0.4) is 0 Å². The van der Waals surface area contributed by atoms with Crippen molar-refractivity contribution in [2.45, 2.75) is 26.2 Å². The predicted octanol–water partition coefficient (Wildman–Crippen LogP) is 2.53. The largest absolute Gasteiger partial charge is 0.381 e. The lowest BCUT2D eigenvalue weighted by Crippen LogP contribution is -1.97. The van der Waals surface area contributed by atoms with Crippen LogP contribution in [0.25, 0.3) is 0 Å². The topological polar surface area (TPSA) is 22.1 Å². The molecule has 2 rings (SSSR count). The van der Waals surface area contributed by atoms with Crippen LogP contribution in [0.15, 0.2) is 18.3 Å². The first kappa shape index (κ1) is 9.66. The third-order valence-corrected chi connectivity index (χ3v) is 2.77. The minimum absolute atomic E-state index is 0.655. The van der Waals surface area contributed by atoms with E-state index >= 15 is 0 Å². The molecule has 1 aromatic rings. The lowest BCUT2D eigenvalue weighted by Gasteiger charge is -2.00. The maximum absolute atomic E-state index is 5.41. The molecule has 1 heterocycles. The van der Waals surface area contributed by atoms with E-state index in [9.17, 15) is 0 Å². The van der Waals surface area contributed by atoms with Crippen LogP contribution in [0.4, 0.5) is 0 Å². The molecule has 2 heteroatoms. The summed E-state index contributed by atoms with van der Waals surface area (Å²) >= 11 is 0. The van der Waals surface area contributed by atoms with Gasteiger partial charge >= 0.3 is 0 Å². The minimum atomic E-state index is 0.655. The van der Waals surface area contributed by atoms with Crippen LogP contribution in [0.2, 0.25) is 0 Å². The minimum Gasteiger partial charge on any atom is -0.381 e. The lowest BCUT2D eigenvalue weighted by molar-refractivity contribution is 0.135. The summed E-state index contributed by atoms with van der Waals surface area (Å²) in [6, 6.07) is 4.28. The van der Waals surface area contributed by atoms with Crippen molar-refractivity contribution in [2.75, 3.05) is 13.2 Å². The number of aromatic nitrogens is 1. The summed E-state index contributed by atoms with van der Waals surface area (Å²) < 4.78 is 5.41. The summed E-state index contributed by atoms with van der Waals surface area (Å²) in [5.74, 6) is 1.37. The molecule has 0 spiro atoms. The van der Waals surface area contributed by atoms with Gasteiger partial charge in [0.15, 0.2) is 0 Å². The molecule has 1 fully saturated rings. The zero-order valence-electron chi connectivity index (χ0n) is 8.86. The molecule has 14 heavy (non-hydrogen) atoms. The fraction of sp³-hybridized carbons (Fsp3) is 0.583. The number of rotatable bonds is 4. The number of pyridine rings is 1. The van der Waals surface area contributed by atoms with E-state index < -0.39 is 0 Å². The van der Waals surface area contributed by atoms with Crippen molar-refractivity contribution >= 4 is 0 Å². The van der Waals surface area contributed by atoms with Gasteiger partial charge in [-0.3, -0.25) is 4.98 Å². The maximum Gasteiger partial charge on any atom is 0.0500 e. The van der Waals surface area contributed by atoms with Crippen LogP contribution in [0, 0.1) is 12.8 Å². The van der Waals surface area contributed by atoms with E-state index in [0.29, 0.717) is 11.8 Å². The van der Waals surface area contributed by atoms with Gasteiger partial charge in [-0.15, -0.1) is 0 Å². The molecular weight excluding hydrogens is 174 g/mol. The Morgan fingerprint density at radius 1 is 1.50 bits per heavy atom. The molecule has 2 nitrogen and oxygen atoms in total. The van der Waals surface area contributed by atoms with E-state index in [1.165, 1.54) is 17.7 Å². The van der Waals surface area contributed by atoms with Crippen LogP contribution in [-0.4, -0.2) is 18.2 Å². The third kappa shape index (κ3) is 2.13. The highest BCUT2D eigenvalue weighted by atomic mass is 16.5. The molecule has 0 aromatic carbocycles. The van der Waals surface area contributed by atoms with Crippen molar-refractivity contribution in [2.24, 2.45) is 5.92 Å². The van der Waals surface area contributed by atoms with Crippen molar-refractivity contribution in [1.29, 1.82) is 0 Å². The first-order valence-electron chi connectivity index (χ1n) is 5.31. The molecule has 1 aliphatic carbocycles. The number of hydrogen-bond donors (Lipinski definition) is 0. The van der Waals surface area contributed by atoms with Crippen LogP contribution < -0.4 is 0 Å². The number of aryl methyl sites for hydroxylation is 1. The number of nitrogens with zero attached hydrogens (tertiary/aromatic N) is 1. The fourth-order valence-corrected chi connectivity index (χ4v) is 1.76. The summed E-state index contributed by atoms with van der Waals surface area (Å²) in [7, 11) is 0. The van der Waals surface area contributed by atoms with E-state index in [1.807, 2.05) is 13.1 Å². The molecule has 1 aromatic heterocycles.